The van der Waals surface area contributed by atoms with Gasteiger partial charge in [0.2, 0.25) is 0 Å². The molecule has 0 spiro atoms. The summed E-state index contributed by atoms with van der Waals surface area (Å²) in [5, 5.41) is 13.8. The van der Waals surface area contributed by atoms with E-state index in [0.717, 1.165) is 24.8 Å². The quantitative estimate of drug-likeness (QED) is 0.878. The van der Waals surface area contributed by atoms with Crippen molar-refractivity contribution in [2.75, 3.05) is 0 Å². The Kier molecular flexibility index (Phi) is 5.04. The number of thiophene rings is 1. The highest BCUT2D eigenvalue weighted by molar-refractivity contribution is 7.10. The van der Waals surface area contributed by atoms with Crippen molar-refractivity contribution >= 4 is 23.2 Å². The Bertz CT molecular complexity index is 536. The maximum Gasteiger partial charge on any atom is 0.326 e. The lowest BCUT2D eigenvalue weighted by Crippen LogP contribution is -2.41. The number of carbonyl (C=O) groups is 2. The predicted molar refractivity (Wildman–Crippen MR) is 83.9 cm³/mol. The molecule has 1 aliphatic carbocycles. The minimum atomic E-state index is -0.963. The van der Waals surface area contributed by atoms with Gasteiger partial charge in [0, 0.05) is 10.3 Å². The molecular weight excluding hydrogens is 286 g/mol. The first-order valence-electron chi connectivity index (χ1n) is 7.51. The first kappa shape index (κ1) is 16.0. The van der Waals surface area contributed by atoms with E-state index in [-0.39, 0.29) is 11.8 Å². The van der Waals surface area contributed by atoms with E-state index < -0.39 is 12.0 Å². The number of carboxylic acids is 1. The van der Waals surface area contributed by atoms with Gasteiger partial charge in [-0.05, 0) is 43.1 Å². The fourth-order valence-corrected chi connectivity index (χ4v) is 4.04. The van der Waals surface area contributed by atoms with E-state index >= 15 is 0 Å². The molecule has 2 atom stereocenters. The van der Waals surface area contributed by atoms with Crippen molar-refractivity contribution in [2.24, 2.45) is 11.8 Å². The van der Waals surface area contributed by atoms with Crippen molar-refractivity contribution in [3.05, 3.63) is 21.4 Å². The monoisotopic (exact) mass is 309 g/mol. The molecule has 0 saturated carbocycles. The van der Waals surface area contributed by atoms with Crippen LogP contribution >= 0.6 is 11.3 Å². The van der Waals surface area contributed by atoms with E-state index in [1.807, 2.05) is 19.2 Å². The van der Waals surface area contributed by atoms with E-state index in [4.69, 9.17) is 0 Å². The fourth-order valence-electron chi connectivity index (χ4n) is 2.80. The zero-order valence-corrected chi connectivity index (χ0v) is 13.6. The normalized spacial score (nSPS) is 19.1. The number of aliphatic carboxylic acids is 1. The molecule has 0 fully saturated rings. The van der Waals surface area contributed by atoms with Crippen LogP contribution in [0.2, 0.25) is 0 Å². The maximum absolute atomic E-state index is 12.4. The highest BCUT2D eigenvalue weighted by Gasteiger charge is 2.26. The van der Waals surface area contributed by atoms with Crippen molar-refractivity contribution < 1.29 is 14.7 Å². The Morgan fingerprint density at radius 3 is 2.81 bits per heavy atom. The first-order valence-corrected chi connectivity index (χ1v) is 8.39. The zero-order chi connectivity index (χ0) is 15.6. The molecule has 1 heterocycles. The third-order valence-electron chi connectivity index (χ3n) is 3.96. The van der Waals surface area contributed by atoms with E-state index in [1.165, 1.54) is 4.88 Å². The number of nitrogens with one attached hydrogen (secondary N) is 1. The highest BCUT2D eigenvalue weighted by Crippen LogP contribution is 2.32. The van der Waals surface area contributed by atoms with Gasteiger partial charge >= 0.3 is 5.97 Å². The SMILES string of the molecule is CC(C)C[C@@H](NC(=O)c1csc2c1CC[C@H](C)C2)C(=O)O. The fraction of sp³-hybridized carbons (Fsp3) is 0.625. The van der Waals surface area contributed by atoms with Gasteiger partial charge < -0.3 is 10.4 Å². The Hall–Kier alpha value is -1.36. The average molecular weight is 309 g/mol. The molecule has 116 valence electrons. The summed E-state index contributed by atoms with van der Waals surface area (Å²) in [6.45, 7) is 6.14. The second-order valence-corrected chi connectivity index (χ2v) is 7.36. The summed E-state index contributed by atoms with van der Waals surface area (Å²) >= 11 is 1.63. The van der Waals surface area contributed by atoms with Crippen molar-refractivity contribution in [1.82, 2.24) is 5.32 Å². The molecule has 1 aliphatic rings. The zero-order valence-electron chi connectivity index (χ0n) is 12.8. The van der Waals surface area contributed by atoms with Gasteiger partial charge in [0.25, 0.3) is 5.91 Å². The van der Waals surface area contributed by atoms with Gasteiger partial charge in [-0.1, -0.05) is 20.8 Å². The summed E-state index contributed by atoms with van der Waals surface area (Å²) in [5.41, 5.74) is 1.81. The van der Waals surface area contributed by atoms with Crippen LogP contribution in [0.5, 0.6) is 0 Å². The van der Waals surface area contributed by atoms with Crippen LogP contribution in [0.15, 0.2) is 5.38 Å². The van der Waals surface area contributed by atoms with Crippen molar-refractivity contribution in [2.45, 2.75) is 52.5 Å². The lowest BCUT2D eigenvalue weighted by atomic mass is 9.88. The van der Waals surface area contributed by atoms with Crippen molar-refractivity contribution in [3.8, 4) is 0 Å². The molecule has 0 radical (unpaired) electrons. The van der Waals surface area contributed by atoms with Crippen molar-refractivity contribution in [3.63, 3.8) is 0 Å². The van der Waals surface area contributed by atoms with Crippen LogP contribution in [0.4, 0.5) is 0 Å². The van der Waals surface area contributed by atoms with Crippen LogP contribution < -0.4 is 5.32 Å². The molecule has 0 unspecified atom stereocenters. The summed E-state index contributed by atoms with van der Waals surface area (Å²) in [5.74, 6) is -0.312. The largest absolute Gasteiger partial charge is 0.480 e. The summed E-state index contributed by atoms with van der Waals surface area (Å²) in [6.07, 6.45) is 3.50. The minimum absolute atomic E-state index is 0.226. The third kappa shape index (κ3) is 3.84. The number of rotatable bonds is 5. The van der Waals surface area contributed by atoms with E-state index in [1.54, 1.807) is 11.3 Å². The minimum Gasteiger partial charge on any atom is -0.480 e. The summed E-state index contributed by atoms with van der Waals surface area (Å²) in [7, 11) is 0. The van der Waals surface area contributed by atoms with Gasteiger partial charge in [-0.25, -0.2) is 4.79 Å². The number of hydrogen-bond acceptors (Lipinski definition) is 3. The lowest BCUT2D eigenvalue weighted by Gasteiger charge is -2.20. The molecule has 0 bridgehead atoms. The molecular formula is C16H23NO3S. The van der Waals surface area contributed by atoms with E-state index in [2.05, 4.69) is 12.2 Å². The number of fused-ring (bicyclic) bond motifs is 1. The average Bonchev–Trinajstić information content (AvgIpc) is 2.80. The maximum atomic E-state index is 12.4. The third-order valence-corrected chi connectivity index (χ3v) is 5.01. The van der Waals surface area contributed by atoms with Crippen LogP contribution in [0.1, 0.15) is 54.4 Å². The Morgan fingerprint density at radius 1 is 1.48 bits per heavy atom. The van der Waals surface area contributed by atoms with Crippen LogP contribution in [0, 0.1) is 11.8 Å². The van der Waals surface area contributed by atoms with Gasteiger partial charge in [0.05, 0.1) is 5.56 Å². The van der Waals surface area contributed by atoms with Gasteiger partial charge in [-0.3, -0.25) is 4.79 Å². The molecule has 1 aromatic rings. The number of amides is 1. The van der Waals surface area contributed by atoms with Gasteiger partial charge in [0.15, 0.2) is 0 Å². The van der Waals surface area contributed by atoms with E-state index in [0.29, 0.717) is 17.9 Å². The summed E-state index contributed by atoms with van der Waals surface area (Å²) in [6, 6.07) is -0.810. The van der Waals surface area contributed by atoms with Crippen LogP contribution in [0.25, 0.3) is 0 Å². The standard InChI is InChI=1S/C16H23NO3S/c1-9(2)6-13(16(19)20)17-15(18)12-8-21-14-7-10(3)4-5-11(12)14/h8-10,13H,4-7H2,1-3H3,(H,17,18)(H,19,20)/t10-,13+/m0/s1. The molecule has 21 heavy (non-hydrogen) atoms. The van der Waals surface area contributed by atoms with Gasteiger partial charge in [-0.15, -0.1) is 11.3 Å². The molecule has 0 aliphatic heterocycles. The smallest absolute Gasteiger partial charge is 0.326 e. The summed E-state index contributed by atoms with van der Waals surface area (Å²) in [4.78, 5) is 24.9. The Labute approximate surface area is 129 Å². The van der Waals surface area contributed by atoms with Crippen molar-refractivity contribution in [1.29, 1.82) is 0 Å². The molecule has 0 aromatic carbocycles. The second-order valence-electron chi connectivity index (χ2n) is 6.39. The molecule has 5 heteroatoms. The van der Waals surface area contributed by atoms with Gasteiger partial charge in [-0.2, -0.15) is 0 Å². The van der Waals surface area contributed by atoms with Crippen LogP contribution in [-0.4, -0.2) is 23.0 Å². The molecule has 1 aromatic heterocycles. The molecule has 0 saturated heterocycles. The molecule has 2 rings (SSSR count). The first-order chi connectivity index (χ1) is 9.88. The predicted octanol–water partition coefficient (Wildman–Crippen LogP) is 3.10. The highest BCUT2D eigenvalue weighted by atomic mass is 32.1. The molecule has 4 nitrogen and oxygen atoms in total. The van der Waals surface area contributed by atoms with Crippen LogP contribution in [0.3, 0.4) is 0 Å². The molecule has 1 amide bonds. The number of carbonyl (C=O) groups excluding carboxylic acids is 1. The molecule has 2 N–H and O–H groups in total. The number of carboxylic acid groups (broad SMARTS) is 1. The van der Waals surface area contributed by atoms with Crippen LogP contribution in [-0.2, 0) is 17.6 Å². The number of hydrogen-bond donors (Lipinski definition) is 2. The second kappa shape index (κ2) is 6.60. The Morgan fingerprint density at radius 2 is 2.19 bits per heavy atom. The van der Waals surface area contributed by atoms with Gasteiger partial charge in [0.1, 0.15) is 6.04 Å². The summed E-state index contributed by atoms with van der Waals surface area (Å²) < 4.78 is 0. The van der Waals surface area contributed by atoms with E-state index in [9.17, 15) is 14.7 Å². The Balaban J connectivity index is 2.11. The lowest BCUT2D eigenvalue weighted by molar-refractivity contribution is -0.139. The topological polar surface area (TPSA) is 66.4 Å².